The lowest BCUT2D eigenvalue weighted by Crippen LogP contribution is -2.32. The summed E-state index contributed by atoms with van der Waals surface area (Å²) in [5.41, 5.74) is 0.565. The van der Waals surface area contributed by atoms with Gasteiger partial charge in [-0.3, -0.25) is 9.10 Å². The van der Waals surface area contributed by atoms with Crippen molar-refractivity contribution in [3.05, 3.63) is 54.1 Å². The third kappa shape index (κ3) is 5.40. The minimum atomic E-state index is -3.38. The van der Waals surface area contributed by atoms with E-state index in [1.165, 1.54) is 13.1 Å². The van der Waals surface area contributed by atoms with Crippen molar-refractivity contribution in [1.29, 1.82) is 0 Å². The Morgan fingerprint density at radius 3 is 2.30 bits per heavy atom. The molecule has 0 aliphatic heterocycles. The van der Waals surface area contributed by atoms with Gasteiger partial charge in [0.15, 0.2) is 17.7 Å². The summed E-state index contributed by atoms with van der Waals surface area (Å²) in [7, 11) is -1.95. The third-order valence-electron chi connectivity index (χ3n) is 3.83. The largest absolute Gasteiger partial charge is 0.481 e. The highest BCUT2D eigenvalue weighted by Crippen LogP contribution is 2.22. The monoisotopic (exact) mass is 398 g/mol. The fourth-order valence-electron chi connectivity index (χ4n) is 2.21. The highest BCUT2D eigenvalue weighted by molar-refractivity contribution is 7.92. The molecule has 0 saturated heterocycles. The van der Waals surface area contributed by atoms with E-state index in [0.29, 0.717) is 17.9 Å². The van der Waals surface area contributed by atoms with Gasteiger partial charge in [-0.1, -0.05) is 6.92 Å². The predicted molar refractivity (Wildman–Crippen MR) is 99.4 cm³/mol. The molecule has 0 aliphatic rings. The second-order valence-corrected chi connectivity index (χ2v) is 7.87. The summed E-state index contributed by atoms with van der Waals surface area (Å²) in [6.45, 7) is 1.74. The molecule has 0 aliphatic carbocycles. The number of carbonyl (C=O) groups is 1. The van der Waals surface area contributed by atoms with Crippen LogP contribution in [0.5, 0.6) is 5.75 Å². The topological polar surface area (TPSA) is 75.7 Å². The Balaban J connectivity index is 2.07. The van der Waals surface area contributed by atoms with Crippen LogP contribution in [0.3, 0.4) is 0 Å². The van der Waals surface area contributed by atoms with Gasteiger partial charge < -0.3 is 10.1 Å². The van der Waals surface area contributed by atoms with Gasteiger partial charge in [-0.25, -0.2) is 17.2 Å². The Morgan fingerprint density at radius 1 is 1.15 bits per heavy atom. The average Bonchev–Trinajstić information content (AvgIpc) is 2.61. The standard InChI is InChI=1S/C18H20F2N2O4S/c1-4-17(18(23)21-12-5-10-15(19)16(20)11-12)26-14-8-6-13(7-9-14)22(2)27(3,24)25/h5-11,17H,4H2,1-3H3,(H,21,23)/t17-/m1/s1. The smallest absolute Gasteiger partial charge is 0.265 e. The molecule has 2 aromatic carbocycles. The molecule has 146 valence electrons. The zero-order valence-corrected chi connectivity index (χ0v) is 15.9. The molecule has 0 aromatic heterocycles. The lowest BCUT2D eigenvalue weighted by atomic mass is 10.2. The fourth-order valence-corrected chi connectivity index (χ4v) is 2.71. The van der Waals surface area contributed by atoms with Crippen LogP contribution in [0.2, 0.25) is 0 Å². The van der Waals surface area contributed by atoms with Gasteiger partial charge in [0.1, 0.15) is 5.75 Å². The number of anilines is 2. The van der Waals surface area contributed by atoms with Gasteiger partial charge in [-0.2, -0.15) is 0 Å². The first kappa shape index (κ1) is 20.6. The van der Waals surface area contributed by atoms with Gasteiger partial charge in [0, 0.05) is 18.8 Å². The number of nitrogens with one attached hydrogen (secondary N) is 1. The van der Waals surface area contributed by atoms with E-state index in [2.05, 4.69) is 5.32 Å². The van der Waals surface area contributed by atoms with Crippen molar-refractivity contribution in [2.75, 3.05) is 22.9 Å². The molecule has 1 atom stereocenters. The number of sulfonamides is 1. The molecule has 27 heavy (non-hydrogen) atoms. The molecule has 9 heteroatoms. The molecule has 0 unspecified atom stereocenters. The van der Waals surface area contributed by atoms with Gasteiger partial charge in [-0.15, -0.1) is 0 Å². The second-order valence-electron chi connectivity index (χ2n) is 5.86. The predicted octanol–water partition coefficient (Wildman–Crippen LogP) is 3.16. The number of halogens is 2. The first-order valence-electron chi connectivity index (χ1n) is 8.08. The maximum atomic E-state index is 13.2. The average molecular weight is 398 g/mol. The van der Waals surface area contributed by atoms with Crippen molar-refractivity contribution < 1.29 is 26.7 Å². The summed E-state index contributed by atoms with van der Waals surface area (Å²) in [4.78, 5) is 12.3. The molecule has 0 radical (unpaired) electrons. The van der Waals surface area contributed by atoms with Crippen molar-refractivity contribution in [2.45, 2.75) is 19.4 Å². The summed E-state index contributed by atoms with van der Waals surface area (Å²) in [5.74, 6) is -2.21. The highest BCUT2D eigenvalue weighted by atomic mass is 32.2. The van der Waals surface area contributed by atoms with Crippen molar-refractivity contribution >= 4 is 27.3 Å². The minimum Gasteiger partial charge on any atom is -0.481 e. The van der Waals surface area contributed by atoms with Crippen LogP contribution < -0.4 is 14.4 Å². The van der Waals surface area contributed by atoms with E-state index in [-0.39, 0.29) is 5.69 Å². The van der Waals surface area contributed by atoms with Crippen LogP contribution in [0.25, 0.3) is 0 Å². The minimum absolute atomic E-state index is 0.117. The Labute approximate surface area is 156 Å². The van der Waals surface area contributed by atoms with Crippen molar-refractivity contribution in [3.8, 4) is 5.75 Å². The number of rotatable bonds is 7. The van der Waals surface area contributed by atoms with Crippen LogP contribution in [0.15, 0.2) is 42.5 Å². The molecule has 0 spiro atoms. The summed E-state index contributed by atoms with van der Waals surface area (Å²) < 4.78 is 56.0. The fraction of sp³-hybridized carbons (Fsp3) is 0.278. The maximum absolute atomic E-state index is 13.2. The molecular formula is C18H20F2N2O4S. The number of hydrogen-bond acceptors (Lipinski definition) is 4. The zero-order chi connectivity index (χ0) is 20.2. The van der Waals surface area contributed by atoms with E-state index in [4.69, 9.17) is 4.74 Å². The van der Waals surface area contributed by atoms with Crippen LogP contribution >= 0.6 is 0 Å². The maximum Gasteiger partial charge on any atom is 0.265 e. The molecule has 1 N–H and O–H groups in total. The second kappa shape index (κ2) is 8.34. The van der Waals surface area contributed by atoms with Gasteiger partial charge in [0.25, 0.3) is 5.91 Å². The van der Waals surface area contributed by atoms with Crippen LogP contribution in [0.4, 0.5) is 20.2 Å². The molecule has 0 saturated carbocycles. The Bertz CT molecular complexity index is 917. The summed E-state index contributed by atoms with van der Waals surface area (Å²) in [6, 6.07) is 9.25. The Kier molecular flexibility index (Phi) is 6.37. The van der Waals surface area contributed by atoms with Gasteiger partial charge in [0.05, 0.1) is 11.9 Å². The van der Waals surface area contributed by atoms with Crippen molar-refractivity contribution in [2.24, 2.45) is 0 Å². The molecule has 6 nitrogen and oxygen atoms in total. The summed E-state index contributed by atoms with van der Waals surface area (Å²) >= 11 is 0. The van der Waals surface area contributed by atoms with Crippen molar-refractivity contribution in [3.63, 3.8) is 0 Å². The molecule has 0 bridgehead atoms. The number of hydrogen-bond donors (Lipinski definition) is 1. The van der Waals surface area contributed by atoms with E-state index in [1.54, 1.807) is 31.2 Å². The summed E-state index contributed by atoms with van der Waals surface area (Å²) in [6.07, 6.45) is 0.560. The van der Waals surface area contributed by atoms with E-state index in [0.717, 1.165) is 22.7 Å². The van der Waals surface area contributed by atoms with Crippen LogP contribution in [-0.2, 0) is 14.8 Å². The third-order valence-corrected chi connectivity index (χ3v) is 5.03. The van der Waals surface area contributed by atoms with Gasteiger partial charge in [-0.05, 0) is 42.8 Å². The van der Waals surface area contributed by atoms with E-state index in [1.807, 2.05) is 0 Å². The molecule has 0 heterocycles. The van der Waals surface area contributed by atoms with Crippen LogP contribution in [-0.4, -0.2) is 33.7 Å². The molecule has 0 fully saturated rings. The summed E-state index contributed by atoms with van der Waals surface area (Å²) in [5, 5.41) is 2.47. The van der Waals surface area contributed by atoms with Crippen LogP contribution in [0, 0.1) is 11.6 Å². The van der Waals surface area contributed by atoms with E-state index in [9.17, 15) is 22.0 Å². The quantitative estimate of drug-likeness (QED) is 0.777. The van der Waals surface area contributed by atoms with Crippen LogP contribution in [0.1, 0.15) is 13.3 Å². The first-order valence-corrected chi connectivity index (χ1v) is 9.93. The lowest BCUT2D eigenvalue weighted by Gasteiger charge is -2.19. The molecular weight excluding hydrogens is 378 g/mol. The number of ether oxygens (including phenoxy) is 1. The zero-order valence-electron chi connectivity index (χ0n) is 15.1. The van der Waals surface area contributed by atoms with Crippen molar-refractivity contribution in [1.82, 2.24) is 0 Å². The molecule has 2 aromatic rings. The van der Waals surface area contributed by atoms with Gasteiger partial charge in [0.2, 0.25) is 10.0 Å². The number of amides is 1. The normalized spacial score (nSPS) is 12.3. The highest BCUT2D eigenvalue weighted by Gasteiger charge is 2.19. The first-order chi connectivity index (χ1) is 12.6. The Hall–Kier alpha value is -2.68. The Morgan fingerprint density at radius 2 is 1.78 bits per heavy atom. The number of carbonyl (C=O) groups excluding carboxylic acids is 1. The molecule has 1 amide bonds. The van der Waals surface area contributed by atoms with E-state index >= 15 is 0 Å². The van der Waals surface area contributed by atoms with Gasteiger partial charge >= 0.3 is 0 Å². The molecule has 2 rings (SSSR count). The SMILES string of the molecule is CC[C@@H](Oc1ccc(N(C)S(C)(=O)=O)cc1)C(=O)Nc1ccc(F)c(F)c1. The lowest BCUT2D eigenvalue weighted by molar-refractivity contribution is -0.122. The number of nitrogens with zero attached hydrogens (tertiary/aromatic N) is 1. The van der Waals surface area contributed by atoms with E-state index < -0.39 is 33.7 Å². The number of benzene rings is 2.